The standard InChI is InChI=1S/C13H25NO3/c1-3-4-5-6-7-10-17-13(16)9-8-12(14)11(2)15/h12H,3-10,14H2,1-2H3. The van der Waals surface area contributed by atoms with E-state index in [0.717, 1.165) is 12.8 Å². The van der Waals surface area contributed by atoms with Crippen LogP contribution < -0.4 is 5.73 Å². The fourth-order valence-corrected chi connectivity index (χ4v) is 1.44. The number of carbonyl (C=O) groups excluding carboxylic acids is 2. The summed E-state index contributed by atoms with van der Waals surface area (Å²) in [5.74, 6) is -0.338. The van der Waals surface area contributed by atoms with Crippen LogP contribution in [0.1, 0.15) is 58.8 Å². The molecule has 0 heterocycles. The molecule has 0 aromatic carbocycles. The molecule has 0 saturated carbocycles. The van der Waals surface area contributed by atoms with Gasteiger partial charge in [0.25, 0.3) is 0 Å². The van der Waals surface area contributed by atoms with Crippen LogP contribution in [0.4, 0.5) is 0 Å². The molecule has 1 unspecified atom stereocenters. The Morgan fingerprint density at radius 2 is 1.82 bits per heavy atom. The molecule has 0 aliphatic rings. The van der Waals surface area contributed by atoms with Crippen LogP contribution in [0.2, 0.25) is 0 Å². The molecule has 0 radical (unpaired) electrons. The Balaban J connectivity index is 3.38. The molecule has 0 aromatic heterocycles. The lowest BCUT2D eigenvalue weighted by atomic mass is 10.1. The molecule has 1 atom stereocenters. The molecule has 17 heavy (non-hydrogen) atoms. The summed E-state index contributed by atoms with van der Waals surface area (Å²) in [4.78, 5) is 22.1. The molecular formula is C13H25NO3. The van der Waals surface area contributed by atoms with Gasteiger partial charge in [0.2, 0.25) is 0 Å². The number of Topliss-reactive ketones (excluding diaryl/α,β-unsaturated/α-hetero) is 1. The number of hydrogen-bond donors (Lipinski definition) is 1. The lowest BCUT2D eigenvalue weighted by Crippen LogP contribution is -2.29. The molecular weight excluding hydrogens is 218 g/mol. The van der Waals surface area contributed by atoms with E-state index < -0.39 is 6.04 Å². The smallest absolute Gasteiger partial charge is 0.305 e. The molecule has 0 aliphatic carbocycles. The van der Waals surface area contributed by atoms with E-state index in [1.54, 1.807) is 0 Å². The van der Waals surface area contributed by atoms with Crippen molar-refractivity contribution >= 4 is 11.8 Å². The Hall–Kier alpha value is -0.900. The second-order valence-electron chi connectivity index (χ2n) is 4.39. The summed E-state index contributed by atoms with van der Waals surface area (Å²) < 4.78 is 5.05. The van der Waals surface area contributed by atoms with Gasteiger partial charge in [-0.05, 0) is 19.8 Å². The number of nitrogens with two attached hydrogens (primary N) is 1. The molecule has 4 nitrogen and oxygen atoms in total. The highest BCUT2D eigenvalue weighted by atomic mass is 16.5. The fraction of sp³-hybridized carbons (Fsp3) is 0.846. The second-order valence-corrected chi connectivity index (χ2v) is 4.39. The van der Waals surface area contributed by atoms with Crippen molar-refractivity contribution in [1.82, 2.24) is 0 Å². The largest absolute Gasteiger partial charge is 0.466 e. The van der Waals surface area contributed by atoms with Crippen molar-refractivity contribution in [2.24, 2.45) is 5.73 Å². The number of ether oxygens (including phenoxy) is 1. The highest BCUT2D eigenvalue weighted by Crippen LogP contribution is 2.04. The lowest BCUT2D eigenvalue weighted by molar-refractivity contribution is -0.144. The van der Waals surface area contributed by atoms with Gasteiger partial charge < -0.3 is 10.5 Å². The lowest BCUT2D eigenvalue weighted by Gasteiger charge is -2.07. The number of carbonyl (C=O) groups is 2. The highest BCUT2D eigenvalue weighted by molar-refractivity contribution is 5.81. The van der Waals surface area contributed by atoms with Crippen LogP contribution in [-0.2, 0) is 14.3 Å². The molecule has 0 saturated heterocycles. The Morgan fingerprint density at radius 3 is 2.41 bits per heavy atom. The van der Waals surface area contributed by atoms with E-state index in [9.17, 15) is 9.59 Å². The van der Waals surface area contributed by atoms with E-state index in [4.69, 9.17) is 10.5 Å². The number of hydrogen-bond acceptors (Lipinski definition) is 4. The minimum Gasteiger partial charge on any atom is -0.466 e. The zero-order valence-electron chi connectivity index (χ0n) is 11.0. The predicted molar refractivity (Wildman–Crippen MR) is 67.6 cm³/mol. The molecule has 4 heteroatoms. The van der Waals surface area contributed by atoms with Gasteiger partial charge in [-0.15, -0.1) is 0 Å². The summed E-state index contributed by atoms with van der Waals surface area (Å²) in [7, 11) is 0. The molecule has 0 aromatic rings. The average Bonchev–Trinajstić information content (AvgIpc) is 2.30. The van der Waals surface area contributed by atoms with Gasteiger partial charge in [-0.1, -0.05) is 32.6 Å². The maximum Gasteiger partial charge on any atom is 0.305 e. The number of rotatable bonds is 10. The fourth-order valence-electron chi connectivity index (χ4n) is 1.44. The van der Waals surface area contributed by atoms with E-state index in [0.29, 0.717) is 13.0 Å². The summed E-state index contributed by atoms with van der Waals surface area (Å²) in [6.07, 6.45) is 6.28. The van der Waals surface area contributed by atoms with E-state index in [1.165, 1.54) is 26.2 Å². The normalized spacial score (nSPS) is 12.2. The van der Waals surface area contributed by atoms with Crippen molar-refractivity contribution in [3.05, 3.63) is 0 Å². The summed E-state index contributed by atoms with van der Waals surface area (Å²) in [5, 5.41) is 0. The topological polar surface area (TPSA) is 69.4 Å². The van der Waals surface area contributed by atoms with Crippen molar-refractivity contribution in [2.45, 2.75) is 64.8 Å². The second kappa shape index (κ2) is 10.3. The van der Waals surface area contributed by atoms with Crippen LogP contribution in [0.3, 0.4) is 0 Å². The van der Waals surface area contributed by atoms with Crippen LogP contribution in [-0.4, -0.2) is 24.4 Å². The van der Waals surface area contributed by atoms with Gasteiger partial charge in [-0.2, -0.15) is 0 Å². The zero-order chi connectivity index (χ0) is 13.1. The highest BCUT2D eigenvalue weighted by Gasteiger charge is 2.11. The van der Waals surface area contributed by atoms with Gasteiger partial charge in [-0.3, -0.25) is 9.59 Å². The van der Waals surface area contributed by atoms with Crippen LogP contribution in [0, 0.1) is 0 Å². The first kappa shape index (κ1) is 16.1. The predicted octanol–water partition coefficient (Wildman–Crippen LogP) is 2.20. The Bertz CT molecular complexity index is 229. The van der Waals surface area contributed by atoms with Crippen LogP contribution in [0.5, 0.6) is 0 Å². The Kier molecular flexibility index (Phi) is 9.72. The van der Waals surface area contributed by atoms with Crippen molar-refractivity contribution in [2.75, 3.05) is 6.61 Å². The van der Waals surface area contributed by atoms with Crippen molar-refractivity contribution in [3.8, 4) is 0 Å². The van der Waals surface area contributed by atoms with Gasteiger partial charge in [0, 0.05) is 6.42 Å². The third-order valence-electron chi connectivity index (χ3n) is 2.69. The third kappa shape index (κ3) is 10.00. The summed E-state index contributed by atoms with van der Waals surface area (Å²) in [6, 6.07) is -0.535. The molecule has 0 fully saturated rings. The first-order valence-corrected chi connectivity index (χ1v) is 6.49. The first-order chi connectivity index (χ1) is 8.07. The van der Waals surface area contributed by atoms with Crippen LogP contribution in [0.15, 0.2) is 0 Å². The maximum atomic E-state index is 11.3. The minimum atomic E-state index is -0.535. The van der Waals surface area contributed by atoms with E-state index in [1.807, 2.05) is 0 Å². The number of unbranched alkanes of at least 4 members (excludes halogenated alkanes) is 4. The van der Waals surface area contributed by atoms with E-state index in [2.05, 4.69) is 6.92 Å². The minimum absolute atomic E-state index is 0.0858. The molecule has 2 N–H and O–H groups in total. The zero-order valence-corrected chi connectivity index (χ0v) is 11.0. The van der Waals surface area contributed by atoms with Crippen LogP contribution >= 0.6 is 0 Å². The molecule has 0 spiro atoms. The molecule has 0 bridgehead atoms. The van der Waals surface area contributed by atoms with Crippen molar-refractivity contribution in [1.29, 1.82) is 0 Å². The third-order valence-corrected chi connectivity index (χ3v) is 2.69. The molecule has 0 amide bonds. The summed E-state index contributed by atoms with van der Waals surface area (Å²) >= 11 is 0. The monoisotopic (exact) mass is 243 g/mol. The van der Waals surface area contributed by atoms with Gasteiger partial charge in [0.05, 0.1) is 12.6 Å². The summed E-state index contributed by atoms with van der Waals surface area (Å²) in [6.45, 7) is 4.08. The van der Waals surface area contributed by atoms with Crippen molar-refractivity contribution < 1.29 is 14.3 Å². The number of ketones is 1. The van der Waals surface area contributed by atoms with Gasteiger partial charge in [0.1, 0.15) is 5.78 Å². The maximum absolute atomic E-state index is 11.3. The molecule has 0 rings (SSSR count). The molecule has 100 valence electrons. The average molecular weight is 243 g/mol. The van der Waals surface area contributed by atoms with Crippen molar-refractivity contribution in [3.63, 3.8) is 0 Å². The van der Waals surface area contributed by atoms with Gasteiger partial charge in [0.15, 0.2) is 0 Å². The SMILES string of the molecule is CCCCCCCOC(=O)CCC(N)C(C)=O. The Labute approximate surface area is 104 Å². The van der Waals surface area contributed by atoms with E-state index >= 15 is 0 Å². The Morgan fingerprint density at radius 1 is 1.18 bits per heavy atom. The van der Waals surface area contributed by atoms with Gasteiger partial charge in [-0.25, -0.2) is 0 Å². The summed E-state index contributed by atoms with van der Waals surface area (Å²) in [5.41, 5.74) is 5.52. The number of esters is 1. The van der Waals surface area contributed by atoms with Gasteiger partial charge >= 0.3 is 5.97 Å². The van der Waals surface area contributed by atoms with Crippen LogP contribution in [0.25, 0.3) is 0 Å². The molecule has 0 aliphatic heterocycles. The quantitative estimate of drug-likeness (QED) is 0.471. The first-order valence-electron chi connectivity index (χ1n) is 6.49. The van der Waals surface area contributed by atoms with E-state index in [-0.39, 0.29) is 18.2 Å².